The van der Waals surface area contributed by atoms with Gasteiger partial charge in [0.05, 0.1) is 32.1 Å². The molecule has 0 aliphatic rings. The number of hydrogen-bond donors (Lipinski definition) is 2. The molecular weight excluding hydrogens is 356 g/mol. The number of benzene rings is 1. The summed E-state index contributed by atoms with van der Waals surface area (Å²) in [6, 6.07) is 10.4. The summed E-state index contributed by atoms with van der Waals surface area (Å²) in [6.45, 7) is 2.70. The molecule has 1 aromatic carbocycles. The van der Waals surface area contributed by atoms with Crippen LogP contribution in [-0.2, 0) is 6.54 Å². The monoisotopic (exact) mass is 379 g/mol. The van der Waals surface area contributed by atoms with E-state index in [0.29, 0.717) is 5.11 Å². The van der Waals surface area contributed by atoms with Gasteiger partial charge in [0.25, 0.3) is 5.69 Å². The van der Waals surface area contributed by atoms with Crippen molar-refractivity contribution in [1.29, 1.82) is 0 Å². The van der Waals surface area contributed by atoms with E-state index in [1.54, 1.807) is 23.5 Å². The van der Waals surface area contributed by atoms with E-state index in [-0.39, 0.29) is 5.69 Å². The Morgan fingerprint density at radius 2 is 2.04 bits per heavy atom. The average Bonchev–Trinajstić information content (AvgIpc) is 3.07. The van der Waals surface area contributed by atoms with Crippen LogP contribution in [0.5, 0.6) is 0 Å². The van der Waals surface area contributed by atoms with Gasteiger partial charge in [0.1, 0.15) is 0 Å². The zero-order valence-electron chi connectivity index (χ0n) is 14.4. The second-order valence-electron chi connectivity index (χ2n) is 6.05. The Morgan fingerprint density at radius 3 is 2.60 bits per heavy atom. The molecule has 134 valence electrons. The fourth-order valence-electron chi connectivity index (χ4n) is 2.34. The van der Waals surface area contributed by atoms with Crippen molar-refractivity contribution in [1.82, 2.24) is 4.90 Å². The third-order valence-electron chi connectivity index (χ3n) is 3.65. The van der Waals surface area contributed by atoms with E-state index in [1.165, 1.54) is 21.9 Å². The molecule has 0 aliphatic heterocycles. The smallest absolute Gasteiger partial charge is 0.269 e. The van der Waals surface area contributed by atoms with E-state index in [4.69, 9.17) is 12.2 Å². The Labute approximate surface area is 157 Å². The second kappa shape index (κ2) is 9.45. The average molecular weight is 380 g/mol. The van der Waals surface area contributed by atoms with Crippen molar-refractivity contribution < 1.29 is 9.82 Å². The number of rotatable bonds is 8. The van der Waals surface area contributed by atoms with E-state index in [1.807, 2.05) is 6.07 Å². The quantitative estimate of drug-likeness (QED) is 0.419. The van der Waals surface area contributed by atoms with Crippen molar-refractivity contribution in [3.63, 3.8) is 0 Å². The van der Waals surface area contributed by atoms with Gasteiger partial charge in [0.15, 0.2) is 5.11 Å². The number of anilines is 1. The van der Waals surface area contributed by atoms with Gasteiger partial charge in [-0.1, -0.05) is 6.07 Å². The van der Waals surface area contributed by atoms with Crippen LogP contribution in [0.4, 0.5) is 11.4 Å². The van der Waals surface area contributed by atoms with Gasteiger partial charge in [0, 0.05) is 35.7 Å². The summed E-state index contributed by atoms with van der Waals surface area (Å²) in [5.41, 5.74) is 0.825. The van der Waals surface area contributed by atoms with Gasteiger partial charge >= 0.3 is 0 Å². The maximum atomic E-state index is 10.7. The molecule has 0 spiro atoms. The van der Waals surface area contributed by atoms with Gasteiger partial charge in [-0.3, -0.25) is 10.1 Å². The fraction of sp³-hybridized carbons (Fsp3) is 0.353. The van der Waals surface area contributed by atoms with Crippen LogP contribution in [0.25, 0.3) is 0 Å². The first-order valence-electron chi connectivity index (χ1n) is 8.07. The third-order valence-corrected chi connectivity index (χ3v) is 4.87. The second-order valence-corrected chi connectivity index (χ2v) is 7.46. The number of nitrogens with zero attached hydrogens (tertiary/aromatic N) is 2. The number of nitro benzene ring substituents is 1. The highest BCUT2D eigenvalue weighted by molar-refractivity contribution is 7.80. The molecule has 0 unspecified atom stereocenters. The minimum Gasteiger partial charge on any atom is -0.344 e. The summed E-state index contributed by atoms with van der Waals surface area (Å²) < 4.78 is 0. The number of non-ortho nitro benzene ring substituents is 1. The molecule has 0 fully saturated rings. The van der Waals surface area contributed by atoms with Crippen LogP contribution in [0.15, 0.2) is 41.8 Å². The van der Waals surface area contributed by atoms with Gasteiger partial charge in [-0.2, -0.15) is 0 Å². The van der Waals surface area contributed by atoms with Crippen molar-refractivity contribution in [2.45, 2.75) is 13.0 Å². The summed E-state index contributed by atoms with van der Waals surface area (Å²) in [6.07, 6.45) is 1.04. The molecule has 1 aromatic heterocycles. The fourth-order valence-corrected chi connectivity index (χ4v) is 3.33. The van der Waals surface area contributed by atoms with E-state index < -0.39 is 4.92 Å². The lowest BCUT2D eigenvalue weighted by molar-refractivity contribution is -0.858. The van der Waals surface area contributed by atoms with Gasteiger partial charge in [-0.25, -0.2) is 0 Å². The molecule has 0 atom stereocenters. The summed E-state index contributed by atoms with van der Waals surface area (Å²) in [5.74, 6) is 0. The zero-order valence-corrected chi connectivity index (χ0v) is 16.0. The lowest BCUT2D eigenvalue weighted by Crippen LogP contribution is -3.05. The molecule has 0 amide bonds. The molecule has 0 radical (unpaired) electrons. The maximum Gasteiger partial charge on any atom is 0.269 e. The summed E-state index contributed by atoms with van der Waals surface area (Å²) in [4.78, 5) is 15.1. The SMILES string of the molecule is C[NH+](C)CCCN(Cc1cccs1)C(=S)Nc1ccc([N+](=O)[O-])cc1. The molecule has 0 saturated heterocycles. The minimum atomic E-state index is -0.408. The highest BCUT2D eigenvalue weighted by atomic mass is 32.1. The summed E-state index contributed by atoms with van der Waals surface area (Å²) in [5, 5.41) is 16.6. The molecule has 25 heavy (non-hydrogen) atoms. The van der Waals surface area contributed by atoms with Crippen LogP contribution >= 0.6 is 23.6 Å². The Morgan fingerprint density at radius 1 is 1.32 bits per heavy atom. The highest BCUT2D eigenvalue weighted by Gasteiger charge is 2.13. The van der Waals surface area contributed by atoms with Crippen molar-refractivity contribution in [3.05, 3.63) is 56.8 Å². The molecular formula is C17H23N4O2S2+. The predicted molar refractivity (Wildman–Crippen MR) is 106 cm³/mol. The van der Waals surface area contributed by atoms with E-state index >= 15 is 0 Å². The largest absolute Gasteiger partial charge is 0.344 e. The molecule has 1 heterocycles. The Kier molecular flexibility index (Phi) is 7.30. The van der Waals surface area contributed by atoms with Crippen LogP contribution in [0, 0.1) is 10.1 Å². The number of hydrogen-bond acceptors (Lipinski definition) is 4. The molecule has 2 N–H and O–H groups in total. The van der Waals surface area contributed by atoms with Gasteiger partial charge in [-0.05, 0) is 35.8 Å². The first-order valence-corrected chi connectivity index (χ1v) is 9.36. The van der Waals surface area contributed by atoms with E-state index in [0.717, 1.165) is 31.7 Å². The first kappa shape index (κ1) is 19.3. The number of thiophene rings is 1. The zero-order chi connectivity index (χ0) is 18.2. The summed E-state index contributed by atoms with van der Waals surface area (Å²) in [7, 11) is 4.27. The van der Waals surface area contributed by atoms with Crippen molar-refractivity contribution in [2.24, 2.45) is 0 Å². The van der Waals surface area contributed by atoms with Crippen molar-refractivity contribution in [3.8, 4) is 0 Å². The van der Waals surface area contributed by atoms with Crippen LogP contribution in [0.2, 0.25) is 0 Å². The third kappa shape index (κ3) is 6.41. The minimum absolute atomic E-state index is 0.0702. The number of nitrogens with one attached hydrogen (secondary N) is 2. The number of thiocarbonyl (C=S) groups is 1. The molecule has 2 aromatic rings. The normalized spacial score (nSPS) is 10.7. The van der Waals surface area contributed by atoms with E-state index in [9.17, 15) is 10.1 Å². The maximum absolute atomic E-state index is 10.7. The predicted octanol–water partition coefficient (Wildman–Crippen LogP) is 2.39. The molecule has 8 heteroatoms. The van der Waals surface area contributed by atoms with Gasteiger partial charge in [-0.15, -0.1) is 11.3 Å². The number of quaternary nitrogens is 1. The van der Waals surface area contributed by atoms with Crippen LogP contribution in [0.1, 0.15) is 11.3 Å². The molecule has 0 bridgehead atoms. The first-order chi connectivity index (χ1) is 12.0. The Hall–Kier alpha value is -2.03. The van der Waals surface area contributed by atoms with Crippen molar-refractivity contribution in [2.75, 3.05) is 32.5 Å². The number of nitro groups is 1. The Bertz CT molecular complexity index is 687. The van der Waals surface area contributed by atoms with Crippen LogP contribution < -0.4 is 10.2 Å². The van der Waals surface area contributed by atoms with E-state index in [2.05, 4.69) is 35.8 Å². The summed E-state index contributed by atoms with van der Waals surface area (Å²) >= 11 is 7.28. The Balaban J connectivity index is 2.01. The molecule has 2 rings (SSSR count). The standard InChI is InChI=1S/C17H22N4O2S2/c1-19(2)10-4-11-20(13-16-5-3-12-25-16)17(24)18-14-6-8-15(9-7-14)21(22)23/h3,5-9,12H,4,10-11,13H2,1-2H3,(H,18,24)/p+1. The topological polar surface area (TPSA) is 62.8 Å². The van der Waals surface area contributed by atoms with Crippen LogP contribution in [-0.4, -0.2) is 42.1 Å². The van der Waals surface area contributed by atoms with Gasteiger partial charge < -0.3 is 15.1 Å². The van der Waals surface area contributed by atoms with Gasteiger partial charge in [0.2, 0.25) is 0 Å². The molecule has 6 nitrogen and oxygen atoms in total. The molecule has 0 saturated carbocycles. The van der Waals surface area contributed by atoms with Crippen LogP contribution in [0.3, 0.4) is 0 Å². The lowest BCUT2D eigenvalue weighted by atomic mass is 10.3. The highest BCUT2D eigenvalue weighted by Crippen LogP contribution is 2.17. The molecule has 0 aliphatic carbocycles. The van der Waals surface area contributed by atoms with Crippen molar-refractivity contribution >= 4 is 40.0 Å². The lowest BCUT2D eigenvalue weighted by Gasteiger charge is -2.25.